The molecule has 3 heteroatoms. The van der Waals surface area contributed by atoms with Gasteiger partial charge in [0.1, 0.15) is 5.76 Å². The van der Waals surface area contributed by atoms with Gasteiger partial charge in [-0.25, -0.2) is 0 Å². The van der Waals surface area contributed by atoms with Crippen molar-refractivity contribution in [3.8, 4) is 0 Å². The number of furan rings is 1. The maximum atomic E-state index is 5.84. The second-order valence-electron chi connectivity index (χ2n) is 5.45. The van der Waals surface area contributed by atoms with E-state index in [-0.39, 0.29) is 0 Å². The van der Waals surface area contributed by atoms with Crippen molar-refractivity contribution in [1.29, 1.82) is 0 Å². The Morgan fingerprint density at radius 3 is 2.56 bits per heavy atom. The van der Waals surface area contributed by atoms with Crippen LogP contribution in [0.1, 0.15) is 64.2 Å². The molecule has 1 fully saturated rings. The highest BCUT2D eigenvalue weighted by Crippen LogP contribution is 2.50. The highest BCUT2D eigenvalue weighted by molar-refractivity contribution is 9.10. The molecule has 0 amide bonds. The van der Waals surface area contributed by atoms with Crippen LogP contribution in [0.25, 0.3) is 0 Å². The molecule has 1 aromatic rings. The largest absolute Gasteiger partial charge is 0.453 e. The van der Waals surface area contributed by atoms with E-state index in [0.717, 1.165) is 23.4 Å². The van der Waals surface area contributed by atoms with E-state index in [9.17, 15) is 0 Å². The van der Waals surface area contributed by atoms with Crippen LogP contribution < -0.4 is 5.32 Å². The number of nitrogens with one attached hydrogen (secondary N) is 1. The van der Waals surface area contributed by atoms with Crippen LogP contribution in [-0.4, -0.2) is 6.54 Å². The topological polar surface area (TPSA) is 25.2 Å². The molecule has 1 heterocycles. The SMILES string of the molecule is CCCNC(c1ccc(Br)o1)C1(CC)CCCC1. The van der Waals surface area contributed by atoms with Crippen molar-refractivity contribution in [1.82, 2.24) is 5.32 Å². The maximum absolute atomic E-state index is 5.84. The Kier molecular flexibility index (Phi) is 4.91. The summed E-state index contributed by atoms with van der Waals surface area (Å²) in [7, 11) is 0. The zero-order valence-corrected chi connectivity index (χ0v) is 13.1. The molecule has 0 spiro atoms. The molecule has 0 aliphatic heterocycles. The lowest BCUT2D eigenvalue weighted by Gasteiger charge is -2.36. The molecular weight excluding hydrogens is 290 g/mol. The zero-order valence-electron chi connectivity index (χ0n) is 11.5. The Labute approximate surface area is 119 Å². The molecule has 2 rings (SSSR count). The summed E-state index contributed by atoms with van der Waals surface area (Å²) in [6.45, 7) is 5.60. The average molecular weight is 314 g/mol. The van der Waals surface area contributed by atoms with Gasteiger partial charge in [0.2, 0.25) is 0 Å². The minimum atomic E-state index is 0.372. The molecule has 1 saturated carbocycles. The Morgan fingerprint density at radius 1 is 1.33 bits per heavy atom. The van der Waals surface area contributed by atoms with Crippen LogP contribution in [0, 0.1) is 5.41 Å². The van der Waals surface area contributed by atoms with E-state index in [1.807, 2.05) is 6.07 Å². The Bertz CT molecular complexity index is 368. The van der Waals surface area contributed by atoms with Crippen LogP contribution in [0.2, 0.25) is 0 Å². The molecule has 0 bridgehead atoms. The van der Waals surface area contributed by atoms with Crippen molar-refractivity contribution < 1.29 is 4.42 Å². The van der Waals surface area contributed by atoms with Gasteiger partial charge in [0.25, 0.3) is 0 Å². The van der Waals surface area contributed by atoms with Gasteiger partial charge in [-0.1, -0.05) is 26.7 Å². The minimum absolute atomic E-state index is 0.372. The molecule has 2 nitrogen and oxygen atoms in total. The van der Waals surface area contributed by atoms with E-state index < -0.39 is 0 Å². The van der Waals surface area contributed by atoms with E-state index in [0.29, 0.717) is 11.5 Å². The first-order valence-electron chi connectivity index (χ1n) is 7.20. The van der Waals surface area contributed by atoms with Crippen molar-refractivity contribution in [2.24, 2.45) is 5.41 Å². The summed E-state index contributed by atoms with van der Waals surface area (Å²) in [5, 5.41) is 3.72. The van der Waals surface area contributed by atoms with Crippen LogP contribution in [0.4, 0.5) is 0 Å². The second-order valence-corrected chi connectivity index (χ2v) is 6.23. The monoisotopic (exact) mass is 313 g/mol. The van der Waals surface area contributed by atoms with Crippen LogP contribution >= 0.6 is 15.9 Å². The first-order chi connectivity index (χ1) is 8.72. The van der Waals surface area contributed by atoms with Crippen molar-refractivity contribution in [3.63, 3.8) is 0 Å². The number of hydrogen-bond acceptors (Lipinski definition) is 2. The van der Waals surface area contributed by atoms with E-state index in [4.69, 9.17) is 4.42 Å². The molecule has 18 heavy (non-hydrogen) atoms. The predicted octanol–water partition coefficient (Wildman–Crippen LogP) is 5.05. The van der Waals surface area contributed by atoms with Crippen molar-refractivity contribution in [2.45, 2.75) is 58.4 Å². The average Bonchev–Trinajstić information content (AvgIpc) is 3.00. The van der Waals surface area contributed by atoms with E-state index >= 15 is 0 Å². The van der Waals surface area contributed by atoms with Crippen molar-refractivity contribution >= 4 is 15.9 Å². The van der Waals surface area contributed by atoms with E-state index in [2.05, 4.69) is 41.2 Å². The fraction of sp³-hybridized carbons (Fsp3) is 0.733. The van der Waals surface area contributed by atoms with Crippen LogP contribution in [0.3, 0.4) is 0 Å². The van der Waals surface area contributed by atoms with E-state index in [1.54, 1.807) is 0 Å². The first-order valence-corrected chi connectivity index (χ1v) is 8.00. The summed E-state index contributed by atoms with van der Waals surface area (Å²) in [6.07, 6.45) is 7.76. The quantitative estimate of drug-likeness (QED) is 0.794. The van der Waals surface area contributed by atoms with E-state index in [1.165, 1.54) is 32.1 Å². The van der Waals surface area contributed by atoms with Crippen LogP contribution in [-0.2, 0) is 0 Å². The van der Waals surface area contributed by atoms with Gasteiger partial charge in [0, 0.05) is 0 Å². The van der Waals surface area contributed by atoms with Crippen LogP contribution in [0.15, 0.2) is 21.2 Å². The molecule has 102 valence electrons. The minimum Gasteiger partial charge on any atom is -0.453 e. The van der Waals surface area contributed by atoms with Gasteiger partial charge < -0.3 is 9.73 Å². The molecule has 1 unspecified atom stereocenters. The van der Waals surface area contributed by atoms with Gasteiger partial charge in [-0.3, -0.25) is 0 Å². The molecule has 0 saturated heterocycles. The molecule has 0 radical (unpaired) electrons. The third-order valence-electron chi connectivity index (χ3n) is 4.39. The maximum Gasteiger partial charge on any atom is 0.169 e. The molecule has 1 aliphatic carbocycles. The number of hydrogen-bond donors (Lipinski definition) is 1. The van der Waals surface area contributed by atoms with Gasteiger partial charge in [0.05, 0.1) is 6.04 Å². The summed E-state index contributed by atoms with van der Waals surface area (Å²) in [6, 6.07) is 4.50. The normalized spacial score (nSPS) is 20.2. The first kappa shape index (κ1) is 14.1. The van der Waals surface area contributed by atoms with Gasteiger partial charge >= 0.3 is 0 Å². The summed E-state index contributed by atoms with van der Waals surface area (Å²) in [5.74, 6) is 1.10. The third kappa shape index (κ3) is 2.83. The molecule has 1 aromatic heterocycles. The smallest absolute Gasteiger partial charge is 0.169 e. The van der Waals surface area contributed by atoms with Crippen molar-refractivity contribution in [2.75, 3.05) is 6.54 Å². The van der Waals surface area contributed by atoms with Gasteiger partial charge in [0.15, 0.2) is 4.67 Å². The lowest BCUT2D eigenvalue weighted by Crippen LogP contribution is -2.36. The molecule has 1 atom stereocenters. The Hall–Kier alpha value is -0.280. The van der Waals surface area contributed by atoms with Crippen LogP contribution in [0.5, 0.6) is 0 Å². The highest BCUT2D eigenvalue weighted by atomic mass is 79.9. The van der Waals surface area contributed by atoms with Gasteiger partial charge in [-0.2, -0.15) is 0 Å². The van der Waals surface area contributed by atoms with Crippen molar-refractivity contribution in [3.05, 3.63) is 22.6 Å². The Balaban J connectivity index is 2.23. The fourth-order valence-electron chi connectivity index (χ4n) is 3.32. The number of rotatable bonds is 6. The molecule has 0 aromatic carbocycles. The highest BCUT2D eigenvalue weighted by Gasteiger charge is 2.41. The summed E-state index contributed by atoms with van der Waals surface area (Å²) < 4.78 is 6.67. The summed E-state index contributed by atoms with van der Waals surface area (Å²) in [4.78, 5) is 0. The summed E-state index contributed by atoms with van der Waals surface area (Å²) >= 11 is 3.42. The van der Waals surface area contributed by atoms with Gasteiger partial charge in [-0.15, -0.1) is 0 Å². The molecule has 1 aliphatic rings. The summed E-state index contributed by atoms with van der Waals surface area (Å²) in [5.41, 5.74) is 0.395. The number of halogens is 1. The van der Waals surface area contributed by atoms with Gasteiger partial charge in [-0.05, 0) is 65.7 Å². The lowest BCUT2D eigenvalue weighted by molar-refractivity contribution is 0.164. The fourth-order valence-corrected chi connectivity index (χ4v) is 3.64. The standard InChI is InChI=1S/C15H24BrNO/c1-3-11-17-14(12-7-8-13(16)18-12)15(4-2)9-5-6-10-15/h7-8,14,17H,3-6,9-11H2,1-2H3. The Morgan fingerprint density at radius 2 is 2.06 bits per heavy atom. The lowest BCUT2D eigenvalue weighted by atomic mass is 9.75. The zero-order chi connectivity index (χ0) is 13.0. The third-order valence-corrected chi connectivity index (χ3v) is 4.82. The molecular formula is C15H24BrNO. The second kappa shape index (κ2) is 6.25. The molecule has 1 N–H and O–H groups in total. The predicted molar refractivity (Wildman–Crippen MR) is 78.6 cm³/mol.